The first kappa shape index (κ1) is 12.3. The molecule has 0 bridgehead atoms. The van der Waals surface area contributed by atoms with E-state index in [-0.39, 0.29) is 5.69 Å². The maximum atomic E-state index is 10.6. The van der Waals surface area contributed by atoms with Gasteiger partial charge in [-0.3, -0.25) is 0 Å². The second kappa shape index (κ2) is 5.01. The minimum Gasteiger partial charge on any atom is -0.495 e. The van der Waals surface area contributed by atoms with Crippen LogP contribution in [0.1, 0.15) is 10.5 Å². The second-order valence-electron chi connectivity index (χ2n) is 3.46. The molecule has 5 nitrogen and oxygen atoms in total. The zero-order valence-corrected chi connectivity index (χ0v) is 10.2. The number of carboxylic acid groups (broad SMARTS) is 1. The van der Waals surface area contributed by atoms with Crippen molar-refractivity contribution in [2.24, 2.45) is 0 Å². The summed E-state index contributed by atoms with van der Waals surface area (Å²) < 4.78 is 5.04. The van der Waals surface area contributed by atoms with Gasteiger partial charge in [0.25, 0.3) is 0 Å². The van der Waals surface area contributed by atoms with Crippen LogP contribution in [0.15, 0.2) is 30.3 Å². The third-order valence-electron chi connectivity index (χ3n) is 2.33. The van der Waals surface area contributed by atoms with Crippen molar-refractivity contribution in [3.63, 3.8) is 0 Å². The van der Waals surface area contributed by atoms with Crippen LogP contribution in [0, 0.1) is 0 Å². The minimum absolute atomic E-state index is 0.0987. The Hall–Kier alpha value is -2.14. The summed E-state index contributed by atoms with van der Waals surface area (Å²) in [5.74, 6) is -0.544. The van der Waals surface area contributed by atoms with Crippen LogP contribution in [0.25, 0.3) is 11.3 Å². The number of methoxy groups -OCH3 is 1. The Kier molecular flexibility index (Phi) is 3.43. The Morgan fingerprint density at radius 3 is 2.56 bits per heavy atom. The molecular formula is C12H9ClN2O3. The highest BCUT2D eigenvalue weighted by Crippen LogP contribution is 2.28. The Bertz CT molecular complexity index is 584. The number of rotatable bonds is 3. The summed E-state index contributed by atoms with van der Waals surface area (Å²) in [6.45, 7) is 0. The lowest BCUT2D eigenvalue weighted by Gasteiger charge is -2.05. The van der Waals surface area contributed by atoms with Gasteiger partial charge in [-0.1, -0.05) is 11.6 Å². The van der Waals surface area contributed by atoms with Crippen molar-refractivity contribution in [2.75, 3.05) is 7.11 Å². The molecule has 0 spiro atoms. The Morgan fingerprint density at radius 2 is 2.06 bits per heavy atom. The van der Waals surface area contributed by atoms with Gasteiger partial charge in [-0.2, -0.15) is 0 Å². The summed E-state index contributed by atoms with van der Waals surface area (Å²) in [6.07, 6.45) is 0. The maximum absolute atomic E-state index is 10.6. The van der Waals surface area contributed by atoms with E-state index in [0.717, 1.165) is 5.56 Å². The molecule has 0 saturated carbocycles. The zero-order valence-electron chi connectivity index (χ0n) is 9.42. The quantitative estimate of drug-likeness (QED) is 0.922. The average Bonchev–Trinajstić information content (AvgIpc) is 2.38. The Labute approximate surface area is 108 Å². The number of nitrogens with zero attached hydrogens (tertiary/aromatic N) is 2. The molecule has 1 N–H and O–H groups in total. The smallest absolute Gasteiger partial charge is 0.356 e. The van der Waals surface area contributed by atoms with Gasteiger partial charge in [-0.05, 0) is 30.3 Å². The van der Waals surface area contributed by atoms with Gasteiger partial charge in [0, 0.05) is 5.56 Å². The van der Waals surface area contributed by atoms with E-state index in [1.807, 2.05) is 0 Å². The standard InChI is InChI=1S/C12H9ClN2O3/c1-18-11-5-2-7(6-8(11)13)9-3-4-10(12(16)17)15-14-9/h2-6H,1H3,(H,16,17). The maximum Gasteiger partial charge on any atom is 0.356 e. The molecule has 0 atom stereocenters. The van der Waals surface area contributed by atoms with Gasteiger partial charge < -0.3 is 9.84 Å². The van der Waals surface area contributed by atoms with Crippen LogP contribution in [-0.4, -0.2) is 28.4 Å². The number of carbonyl (C=O) groups is 1. The van der Waals surface area contributed by atoms with E-state index in [0.29, 0.717) is 16.5 Å². The molecule has 0 aliphatic rings. The first-order chi connectivity index (χ1) is 8.61. The van der Waals surface area contributed by atoms with Gasteiger partial charge in [0.1, 0.15) is 5.75 Å². The van der Waals surface area contributed by atoms with Crippen molar-refractivity contribution in [3.05, 3.63) is 41.0 Å². The number of aromatic nitrogens is 2. The van der Waals surface area contributed by atoms with E-state index in [1.165, 1.54) is 13.2 Å². The fourth-order valence-corrected chi connectivity index (χ4v) is 1.68. The first-order valence-corrected chi connectivity index (χ1v) is 5.40. The summed E-state index contributed by atoms with van der Waals surface area (Å²) in [7, 11) is 1.53. The highest BCUT2D eigenvalue weighted by molar-refractivity contribution is 6.32. The average molecular weight is 265 g/mol. The number of carboxylic acids is 1. The van der Waals surface area contributed by atoms with Crippen molar-refractivity contribution >= 4 is 17.6 Å². The van der Waals surface area contributed by atoms with E-state index in [1.54, 1.807) is 24.3 Å². The summed E-state index contributed by atoms with van der Waals surface area (Å²) in [5, 5.41) is 16.6. The molecule has 0 aliphatic heterocycles. The van der Waals surface area contributed by atoms with E-state index < -0.39 is 5.97 Å². The van der Waals surface area contributed by atoms with Crippen LogP contribution < -0.4 is 4.74 Å². The third kappa shape index (κ3) is 2.41. The Balaban J connectivity index is 2.36. The van der Waals surface area contributed by atoms with Crippen molar-refractivity contribution in [1.82, 2.24) is 10.2 Å². The lowest BCUT2D eigenvalue weighted by molar-refractivity contribution is 0.0689. The molecule has 0 amide bonds. The van der Waals surface area contributed by atoms with E-state index >= 15 is 0 Å². The molecule has 0 fully saturated rings. The monoisotopic (exact) mass is 264 g/mol. The predicted molar refractivity (Wildman–Crippen MR) is 66.0 cm³/mol. The lowest BCUT2D eigenvalue weighted by Crippen LogP contribution is -2.01. The van der Waals surface area contributed by atoms with Crippen molar-refractivity contribution in [3.8, 4) is 17.0 Å². The molecular weight excluding hydrogens is 256 g/mol. The fraction of sp³-hybridized carbons (Fsp3) is 0.0833. The van der Waals surface area contributed by atoms with Gasteiger partial charge in [-0.15, -0.1) is 10.2 Å². The lowest BCUT2D eigenvalue weighted by atomic mass is 10.1. The van der Waals surface area contributed by atoms with Crippen LogP contribution >= 0.6 is 11.6 Å². The van der Waals surface area contributed by atoms with Crippen LogP contribution in [0.4, 0.5) is 0 Å². The Morgan fingerprint density at radius 1 is 1.28 bits per heavy atom. The zero-order chi connectivity index (χ0) is 13.1. The number of halogens is 1. The number of benzene rings is 1. The molecule has 6 heteroatoms. The van der Waals surface area contributed by atoms with Crippen LogP contribution in [0.3, 0.4) is 0 Å². The largest absolute Gasteiger partial charge is 0.495 e. The number of ether oxygens (including phenoxy) is 1. The molecule has 2 aromatic rings. The van der Waals surface area contributed by atoms with Crippen LogP contribution in [0.2, 0.25) is 5.02 Å². The first-order valence-electron chi connectivity index (χ1n) is 5.03. The van der Waals surface area contributed by atoms with Gasteiger partial charge in [0.05, 0.1) is 17.8 Å². The van der Waals surface area contributed by atoms with Crippen LogP contribution in [-0.2, 0) is 0 Å². The van der Waals surface area contributed by atoms with Crippen molar-refractivity contribution in [1.29, 1.82) is 0 Å². The fourth-order valence-electron chi connectivity index (χ4n) is 1.43. The summed E-state index contributed by atoms with van der Waals surface area (Å²) in [5.41, 5.74) is 1.19. The number of hydrogen-bond donors (Lipinski definition) is 1. The third-order valence-corrected chi connectivity index (χ3v) is 2.63. The summed E-state index contributed by atoms with van der Waals surface area (Å²) >= 11 is 5.99. The van der Waals surface area contributed by atoms with E-state index in [2.05, 4.69) is 10.2 Å². The normalized spacial score (nSPS) is 10.1. The molecule has 0 radical (unpaired) electrons. The molecule has 92 valence electrons. The highest BCUT2D eigenvalue weighted by Gasteiger charge is 2.08. The topological polar surface area (TPSA) is 72.3 Å². The molecule has 0 saturated heterocycles. The van der Waals surface area contributed by atoms with Gasteiger partial charge >= 0.3 is 5.97 Å². The summed E-state index contributed by atoms with van der Waals surface area (Å²) in [4.78, 5) is 10.6. The molecule has 0 aliphatic carbocycles. The van der Waals surface area contributed by atoms with E-state index in [9.17, 15) is 4.79 Å². The summed E-state index contributed by atoms with van der Waals surface area (Å²) in [6, 6.07) is 8.14. The van der Waals surface area contributed by atoms with Crippen molar-refractivity contribution in [2.45, 2.75) is 0 Å². The van der Waals surface area contributed by atoms with Gasteiger partial charge in [0.15, 0.2) is 5.69 Å². The minimum atomic E-state index is -1.11. The van der Waals surface area contributed by atoms with Crippen LogP contribution in [0.5, 0.6) is 5.75 Å². The predicted octanol–water partition coefficient (Wildman–Crippen LogP) is 2.50. The molecule has 2 rings (SSSR count). The second-order valence-corrected chi connectivity index (χ2v) is 3.87. The SMILES string of the molecule is COc1ccc(-c2ccc(C(=O)O)nn2)cc1Cl. The van der Waals surface area contributed by atoms with Gasteiger partial charge in [-0.25, -0.2) is 4.79 Å². The molecule has 0 unspecified atom stereocenters. The molecule has 18 heavy (non-hydrogen) atoms. The van der Waals surface area contributed by atoms with Gasteiger partial charge in [0.2, 0.25) is 0 Å². The number of aromatic carboxylic acids is 1. The molecule has 1 heterocycles. The van der Waals surface area contributed by atoms with E-state index in [4.69, 9.17) is 21.4 Å². The number of hydrogen-bond acceptors (Lipinski definition) is 4. The highest BCUT2D eigenvalue weighted by atomic mass is 35.5. The van der Waals surface area contributed by atoms with Crippen molar-refractivity contribution < 1.29 is 14.6 Å². The molecule has 1 aromatic carbocycles. The molecule has 1 aromatic heterocycles.